The van der Waals surface area contributed by atoms with Crippen molar-refractivity contribution in [3.05, 3.63) is 54.1 Å². The van der Waals surface area contributed by atoms with Gasteiger partial charge >= 0.3 is 0 Å². The monoisotopic (exact) mass is 281 g/mol. The Balaban J connectivity index is 1.73. The molecule has 2 aromatic carbocycles. The van der Waals surface area contributed by atoms with Crippen molar-refractivity contribution in [1.29, 1.82) is 0 Å². The fourth-order valence-electron chi connectivity index (χ4n) is 2.30. The average Bonchev–Trinajstić information content (AvgIpc) is 2.56. The molecule has 0 amide bonds. The molecule has 108 valence electrons. The molecule has 1 aliphatic rings. The summed E-state index contributed by atoms with van der Waals surface area (Å²) in [7, 11) is 1.67. The van der Waals surface area contributed by atoms with Gasteiger partial charge in [-0.3, -0.25) is 4.99 Å². The molecular weight excluding hydrogens is 262 g/mol. The van der Waals surface area contributed by atoms with Crippen LogP contribution in [0, 0.1) is 0 Å². The van der Waals surface area contributed by atoms with E-state index >= 15 is 0 Å². The van der Waals surface area contributed by atoms with Gasteiger partial charge in [0.15, 0.2) is 0 Å². The number of nitrogens with zero attached hydrogens (tertiary/aromatic N) is 1. The van der Waals surface area contributed by atoms with Gasteiger partial charge in [-0.1, -0.05) is 6.07 Å². The van der Waals surface area contributed by atoms with Crippen LogP contribution in [0.1, 0.15) is 12.0 Å². The number of rotatable bonds is 4. The van der Waals surface area contributed by atoms with Gasteiger partial charge in [-0.05, 0) is 42.8 Å². The molecule has 0 aliphatic carbocycles. The van der Waals surface area contributed by atoms with Gasteiger partial charge in [0, 0.05) is 36.1 Å². The number of aliphatic imine (C=N–C) groups is 1. The molecule has 0 radical (unpaired) electrons. The van der Waals surface area contributed by atoms with E-state index in [0.717, 1.165) is 48.0 Å². The highest BCUT2D eigenvalue weighted by Gasteiger charge is 2.06. The molecule has 0 saturated heterocycles. The zero-order chi connectivity index (χ0) is 14.5. The van der Waals surface area contributed by atoms with E-state index in [1.165, 1.54) is 0 Å². The lowest BCUT2D eigenvalue weighted by Crippen LogP contribution is -2.30. The normalized spacial score (nSPS) is 14.0. The summed E-state index contributed by atoms with van der Waals surface area (Å²) in [6.07, 6.45) is 1.11. The van der Waals surface area contributed by atoms with E-state index in [9.17, 15) is 0 Å². The van der Waals surface area contributed by atoms with Crippen LogP contribution in [0.25, 0.3) is 0 Å². The first kappa shape index (κ1) is 13.5. The number of amidine groups is 1. The minimum Gasteiger partial charge on any atom is -0.497 e. The molecule has 3 rings (SSSR count). The molecule has 0 fully saturated rings. The first-order valence-electron chi connectivity index (χ1n) is 7.15. The van der Waals surface area contributed by atoms with E-state index in [-0.39, 0.29) is 0 Å². The molecule has 4 nitrogen and oxygen atoms in total. The van der Waals surface area contributed by atoms with Crippen molar-refractivity contribution in [2.45, 2.75) is 6.42 Å². The standard InChI is InChI=1S/C17H19N3O/c1-21-16-5-2-4-15(12-16)20-14-8-6-13(7-9-14)17-18-10-3-11-19-17/h2,4-9,12,20H,3,10-11H2,1H3,(H,18,19). The molecule has 0 saturated carbocycles. The Morgan fingerprint density at radius 1 is 1.10 bits per heavy atom. The molecule has 21 heavy (non-hydrogen) atoms. The lowest BCUT2D eigenvalue weighted by molar-refractivity contribution is 0.415. The number of hydrogen-bond acceptors (Lipinski definition) is 4. The van der Waals surface area contributed by atoms with E-state index in [1.54, 1.807) is 7.11 Å². The molecule has 0 aromatic heterocycles. The molecule has 0 atom stereocenters. The lowest BCUT2D eigenvalue weighted by Gasteiger charge is -2.15. The fourth-order valence-corrected chi connectivity index (χ4v) is 2.30. The Kier molecular flexibility index (Phi) is 4.05. The van der Waals surface area contributed by atoms with E-state index < -0.39 is 0 Å². The Labute approximate surface area is 124 Å². The highest BCUT2D eigenvalue weighted by atomic mass is 16.5. The second kappa shape index (κ2) is 6.31. The fraction of sp³-hybridized carbons (Fsp3) is 0.235. The molecule has 2 N–H and O–H groups in total. The number of benzene rings is 2. The van der Waals surface area contributed by atoms with E-state index in [4.69, 9.17) is 4.74 Å². The highest BCUT2D eigenvalue weighted by molar-refractivity contribution is 5.99. The van der Waals surface area contributed by atoms with Crippen LogP contribution in [-0.2, 0) is 0 Å². The Hall–Kier alpha value is -2.49. The summed E-state index contributed by atoms with van der Waals surface area (Å²) in [6, 6.07) is 16.2. The Morgan fingerprint density at radius 2 is 1.95 bits per heavy atom. The van der Waals surface area contributed by atoms with Crippen LogP contribution >= 0.6 is 0 Å². The minimum atomic E-state index is 0.845. The van der Waals surface area contributed by atoms with Crippen LogP contribution < -0.4 is 15.4 Å². The van der Waals surface area contributed by atoms with Crippen LogP contribution in [0.4, 0.5) is 11.4 Å². The summed E-state index contributed by atoms with van der Waals surface area (Å²) in [5.74, 6) is 1.84. The van der Waals surface area contributed by atoms with Crippen LogP contribution in [0.2, 0.25) is 0 Å². The quantitative estimate of drug-likeness (QED) is 0.904. The molecule has 4 heteroatoms. The van der Waals surface area contributed by atoms with E-state index in [1.807, 2.05) is 24.3 Å². The van der Waals surface area contributed by atoms with Crippen LogP contribution in [-0.4, -0.2) is 26.0 Å². The molecular formula is C17H19N3O. The number of methoxy groups -OCH3 is 1. The average molecular weight is 281 g/mol. The summed E-state index contributed by atoms with van der Waals surface area (Å²) >= 11 is 0. The maximum absolute atomic E-state index is 5.23. The largest absolute Gasteiger partial charge is 0.497 e. The topological polar surface area (TPSA) is 45.6 Å². The third kappa shape index (κ3) is 3.34. The van der Waals surface area contributed by atoms with Gasteiger partial charge in [0.1, 0.15) is 11.6 Å². The Morgan fingerprint density at radius 3 is 2.67 bits per heavy atom. The first-order valence-corrected chi connectivity index (χ1v) is 7.15. The highest BCUT2D eigenvalue weighted by Crippen LogP contribution is 2.21. The Bertz CT molecular complexity index is 635. The third-order valence-corrected chi connectivity index (χ3v) is 3.41. The van der Waals surface area contributed by atoms with Crippen molar-refractivity contribution in [3.8, 4) is 5.75 Å². The summed E-state index contributed by atoms with van der Waals surface area (Å²) < 4.78 is 5.23. The maximum Gasteiger partial charge on any atom is 0.128 e. The molecule has 0 spiro atoms. The summed E-state index contributed by atoms with van der Waals surface area (Å²) in [5, 5.41) is 6.70. The second-order valence-corrected chi connectivity index (χ2v) is 4.94. The molecule has 1 heterocycles. The van der Waals surface area contributed by atoms with Gasteiger partial charge in [0.2, 0.25) is 0 Å². The molecule has 0 unspecified atom stereocenters. The minimum absolute atomic E-state index is 0.845. The van der Waals surface area contributed by atoms with Crippen molar-refractivity contribution < 1.29 is 4.74 Å². The zero-order valence-corrected chi connectivity index (χ0v) is 12.1. The summed E-state index contributed by atoms with van der Waals surface area (Å²) in [4.78, 5) is 4.50. The van der Waals surface area contributed by atoms with Gasteiger partial charge in [-0.2, -0.15) is 0 Å². The lowest BCUT2D eigenvalue weighted by atomic mass is 10.1. The summed E-state index contributed by atoms with van der Waals surface area (Å²) in [5.41, 5.74) is 3.18. The van der Waals surface area contributed by atoms with Crippen molar-refractivity contribution in [3.63, 3.8) is 0 Å². The number of nitrogens with one attached hydrogen (secondary N) is 2. The van der Waals surface area contributed by atoms with Gasteiger partial charge in [-0.25, -0.2) is 0 Å². The number of anilines is 2. The van der Waals surface area contributed by atoms with Gasteiger partial charge in [0.05, 0.1) is 7.11 Å². The SMILES string of the molecule is COc1cccc(Nc2ccc(C3=NCCCN3)cc2)c1. The van der Waals surface area contributed by atoms with Crippen LogP contribution in [0.5, 0.6) is 5.75 Å². The second-order valence-electron chi connectivity index (χ2n) is 4.94. The number of ether oxygens (including phenoxy) is 1. The predicted molar refractivity (Wildman–Crippen MR) is 86.7 cm³/mol. The van der Waals surface area contributed by atoms with Gasteiger partial charge in [0.25, 0.3) is 0 Å². The van der Waals surface area contributed by atoms with Gasteiger partial charge < -0.3 is 15.4 Å². The maximum atomic E-state index is 5.23. The van der Waals surface area contributed by atoms with Gasteiger partial charge in [-0.15, -0.1) is 0 Å². The van der Waals surface area contributed by atoms with E-state index in [0.29, 0.717) is 0 Å². The third-order valence-electron chi connectivity index (χ3n) is 3.41. The molecule has 0 bridgehead atoms. The van der Waals surface area contributed by atoms with Crippen LogP contribution in [0.15, 0.2) is 53.5 Å². The zero-order valence-electron chi connectivity index (χ0n) is 12.1. The van der Waals surface area contributed by atoms with Crippen molar-refractivity contribution in [2.75, 3.05) is 25.5 Å². The predicted octanol–water partition coefficient (Wildman–Crippen LogP) is 3.18. The smallest absolute Gasteiger partial charge is 0.128 e. The van der Waals surface area contributed by atoms with Crippen molar-refractivity contribution >= 4 is 17.2 Å². The number of hydrogen-bond donors (Lipinski definition) is 2. The van der Waals surface area contributed by atoms with E-state index in [2.05, 4.69) is 39.9 Å². The molecule has 1 aliphatic heterocycles. The van der Waals surface area contributed by atoms with Crippen molar-refractivity contribution in [1.82, 2.24) is 5.32 Å². The van der Waals surface area contributed by atoms with Crippen molar-refractivity contribution in [2.24, 2.45) is 4.99 Å². The summed E-state index contributed by atoms with van der Waals surface area (Å²) in [6.45, 7) is 1.91. The first-order chi connectivity index (χ1) is 10.3. The molecule has 2 aromatic rings. The van der Waals surface area contributed by atoms with Crippen LogP contribution in [0.3, 0.4) is 0 Å².